The molecule has 0 bridgehead atoms. The second-order valence-electron chi connectivity index (χ2n) is 25.3. The van der Waals surface area contributed by atoms with E-state index in [1.54, 1.807) is 11.1 Å². The second-order valence-corrected chi connectivity index (χ2v) is 25.3. The quantitative estimate of drug-likeness (QED) is 0.124. The Labute approximate surface area is 443 Å². The van der Waals surface area contributed by atoms with Crippen molar-refractivity contribution in [1.82, 2.24) is 0 Å². The van der Waals surface area contributed by atoms with Crippen LogP contribution in [-0.4, -0.2) is 13.2 Å². The number of rotatable bonds is 10. The van der Waals surface area contributed by atoms with Crippen molar-refractivity contribution in [1.29, 1.82) is 0 Å². The van der Waals surface area contributed by atoms with Crippen LogP contribution < -0.4 is 0 Å². The van der Waals surface area contributed by atoms with Crippen LogP contribution >= 0.6 is 0 Å². The lowest BCUT2D eigenvalue weighted by Gasteiger charge is -2.39. The molecule has 6 aromatic rings. The normalized spacial score (nSPS) is 26.7. The van der Waals surface area contributed by atoms with Gasteiger partial charge in [-0.25, -0.2) is 0 Å². The number of fused-ring (bicyclic) bond motifs is 4. The van der Waals surface area contributed by atoms with Crippen LogP contribution in [0.1, 0.15) is 221 Å². The zero-order valence-electron chi connectivity index (χ0n) is 45.7. The third kappa shape index (κ3) is 9.63. The van der Waals surface area contributed by atoms with Crippen molar-refractivity contribution in [3.05, 3.63) is 154 Å². The summed E-state index contributed by atoms with van der Waals surface area (Å²) in [5, 5.41) is 5.93. The first-order chi connectivity index (χ1) is 35.0. The Kier molecular flexibility index (Phi) is 15.4. The molecule has 6 aliphatic carbocycles. The molecule has 73 heavy (non-hydrogen) atoms. The van der Waals surface area contributed by atoms with Gasteiger partial charge >= 0.3 is 0 Å². The molecule has 0 amide bonds. The topological polar surface area (TPSA) is 9.23 Å². The maximum atomic E-state index is 5.62. The standard InChI is InChI=1S/C36H44.C35H44O.CH4/c1-5-8-28-19-22-32-31-21-20-29(23-34(31)36(3,4)33-10-7-9-30(28)35(32)33)27-17-15-26(16-18-27)25-13-11-24(6-2)12-14-25;1-5-7-26-16-21-31-30-20-17-27(22-33(30)35(2,3)32-9-6-8-29(26)34(31)32)25-12-10-23(11-13-25)24-14-18-28(36-4)19-15-24;/h6-7,9-10,19-27H,2,5,8,11-18H2,1,3-4H3;6,8-9,16-17,20-25,28H,5,7,10-15,18-19H2,1-4H3;1H4. The Morgan fingerprint density at radius 1 is 0.466 bits per heavy atom. The molecule has 0 radical (unpaired) electrons. The summed E-state index contributed by atoms with van der Waals surface area (Å²) in [5.74, 6) is 6.05. The smallest absolute Gasteiger partial charge is 0.0571 e. The van der Waals surface area contributed by atoms with Gasteiger partial charge in [-0.15, -0.1) is 6.58 Å². The maximum absolute atomic E-state index is 5.62. The van der Waals surface area contributed by atoms with E-state index in [-0.39, 0.29) is 18.3 Å². The van der Waals surface area contributed by atoms with Gasteiger partial charge in [0.2, 0.25) is 0 Å². The van der Waals surface area contributed by atoms with Crippen LogP contribution in [0.2, 0.25) is 0 Å². The molecule has 0 N–H and O–H groups in total. The van der Waals surface area contributed by atoms with Gasteiger partial charge in [-0.2, -0.15) is 0 Å². The molecule has 386 valence electrons. The Bertz CT molecular complexity index is 2890. The number of hydrogen-bond acceptors (Lipinski definition) is 1. The predicted octanol–water partition coefficient (Wildman–Crippen LogP) is 20.6. The summed E-state index contributed by atoms with van der Waals surface area (Å²) in [5.41, 5.74) is 18.1. The summed E-state index contributed by atoms with van der Waals surface area (Å²) < 4.78 is 5.62. The number of allylic oxidation sites excluding steroid dienone is 1. The minimum Gasteiger partial charge on any atom is -0.381 e. The minimum atomic E-state index is 0. The van der Waals surface area contributed by atoms with E-state index in [0.29, 0.717) is 6.10 Å². The van der Waals surface area contributed by atoms with Crippen molar-refractivity contribution in [3.8, 4) is 22.3 Å². The average molecular weight is 974 g/mol. The number of aryl methyl sites for hydroxylation is 2. The van der Waals surface area contributed by atoms with E-state index in [9.17, 15) is 0 Å². The van der Waals surface area contributed by atoms with Crippen LogP contribution in [0.5, 0.6) is 0 Å². The fourth-order valence-electron chi connectivity index (χ4n) is 16.3. The van der Waals surface area contributed by atoms with Gasteiger partial charge in [-0.1, -0.05) is 165 Å². The van der Waals surface area contributed by atoms with E-state index in [1.807, 2.05) is 7.11 Å². The largest absolute Gasteiger partial charge is 0.381 e. The number of hydrogen-bond donors (Lipinski definition) is 0. The van der Waals surface area contributed by atoms with Gasteiger partial charge in [-0.3, -0.25) is 0 Å². The summed E-state index contributed by atoms with van der Waals surface area (Å²) in [4.78, 5) is 0. The molecule has 12 rings (SSSR count). The fourth-order valence-corrected chi connectivity index (χ4v) is 16.3. The summed E-state index contributed by atoms with van der Waals surface area (Å²) in [6.45, 7) is 18.4. The zero-order valence-corrected chi connectivity index (χ0v) is 45.7. The molecule has 4 saturated carbocycles. The lowest BCUT2D eigenvalue weighted by atomic mass is 9.66. The van der Waals surface area contributed by atoms with Crippen LogP contribution in [0.15, 0.2) is 110 Å². The molecular weight excluding hydrogens is 881 g/mol. The SMILES string of the molecule is C.C=CC1CCC(C2CCC(c3ccc4c(c3)C(C)(C)c3cccc5c(CCC)ccc-4c35)CC2)CC1.CCCc1ccc2c3c(cccc13)C(C)(C)c1cc(C3CCC(C4CCC(OC)CC4)CC3)ccc1-2. The number of ether oxygens (including phenoxy) is 1. The van der Waals surface area contributed by atoms with Gasteiger partial charge in [0.25, 0.3) is 0 Å². The fraction of sp³-hybridized carbons (Fsp3) is 0.528. The molecule has 0 saturated heterocycles. The molecule has 6 aliphatic rings. The van der Waals surface area contributed by atoms with Crippen molar-refractivity contribution >= 4 is 21.5 Å². The van der Waals surface area contributed by atoms with Crippen LogP contribution in [-0.2, 0) is 28.4 Å². The van der Waals surface area contributed by atoms with Gasteiger partial charge in [-0.05, 0) is 245 Å². The lowest BCUT2D eigenvalue weighted by molar-refractivity contribution is 0.0410. The van der Waals surface area contributed by atoms with E-state index in [4.69, 9.17) is 4.74 Å². The van der Waals surface area contributed by atoms with Crippen molar-refractivity contribution in [2.45, 2.75) is 206 Å². The van der Waals surface area contributed by atoms with E-state index in [0.717, 1.165) is 54.3 Å². The maximum Gasteiger partial charge on any atom is 0.0571 e. The van der Waals surface area contributed by atoms with Gasteiger partial charge in [0, 0.05) is 17.9 Å². The molecule has 0 aliphatic heterocycles. The lowest BCUT2D eigenvalue weighted by Crippen LogP contribution is -2.28. The Balaban J connectivity index is 0.000000165. The van der Waals surface area contributed by atoms with Crippen molar-refractivity contribution in [2.24, 2.45) is 29.6 Å². The molecule has 0 heterocycles. The summed E-state index contributed by atoms with van der Waals surface area (Å²) in [7, 11) is 1.89. The van der Waals surface area contributed by atoms with Gasteiger partial charge in [0.05, 0.1) is 6.10 Å². The molecule has 0 aromatic heterocycles. The summed E-state index contributed by atoms with van der Waals surface area (Å²) in [6.07, 6.45) is 29.5. The average Bonchev–Trinajstić information content (AvgIpc) is 3.42. The monoisotopic (exact) mass is 973 g/mol. The molecule has 1 nitrogen and oxygen atoms in total. The first kappa shape index (κ1) is 52.0. The van der Waals surface area contributed by atoms with Crippen molar-refractivity contribution in [3.63, 3.8) is 0 Å². The third-order valence-electron chi connectivity index (χ3n) is 20.7. The Hall–Kier alpha value is -4.46. The highest BCUT2D eigenvalue weighted by atomic mass is 16.5. The van der Waals surface area contributed by atoms with Gasteiger partial charge < -0.3 is 4.74 Å². The van der Waals surface area contributed by atoms with Crippen LogP contribution in [0, 0.1) is 29.6 Å². The van der Waals surface area contributed by atoms with Crippen LogP contribution in [0.25, 0.3) is 43.8 Å². The molecule has 0 unspecified atom stereocenters. The molecule has 0 atom stereocenters. The highest BCUT2D eigenvalue weighted by molar-refractivity contribution is 6.06. The summed E-state index contributed by atoms with van der Waals surface area (Å²) >= 11 is 0. The Morgan fingerprint density at radius 3 is 1.23 bits per heavy atom. The van der Waals surface area contributed by atoms with E-state index in [1.165, 1.54) is 193 Å². The molecule has 0 spiro atoms. The first-order valence-corrected chi connectivity index (χ1v) is 29.6. The van der Waals surface area contributed by atoms with Crippen LogP contribution in [0.4, 0.5) is 0 Å². The highest BCUT2D eigenvalue weighted by Crippen LogP contribution is 2.53. The number of methoxy groups -OCH3 is 1. The van der Waals surface area contributed by atoms with Crippen molar-refractivity contribution < 1.29 is 4.74 Å². The second kappa shape index (κ2) is 21.6. The third-order valence-corrected chi connectivity index (χ3v) is 20.7. The predicted molar refractivity (Wildman–Crippen MR) is 316 cm³/mol. The first-order valence-electron chi connectivity index (χ1n) is 29.6. The number of benzene rings is 6. The summed E-state index contributed by atoms with van der Waals surface area (Å²) in [6, 6.07) is 38.8. The Morgan fingerprint density at radius 2 is 0.849 bits per heavy atom. The highest BCUT2D eigenvalue weighted by Gasteiger charge is 2.38. The van der Waals surface area contributed by atoms with Crippen LogP contribution in [0.3, 0.4) is 0 Å². The van der Waals surface area contributed by atoms with Gasteiger partial charge in [0.1, 0.15) is 0 Å². The van der Waals surface area contributed by atoms with E-state index >= 15 is 0 Å². The van der Waals surface area contributed by atoms with Crippen molar-refractivity contribution in [2.75, 3.05) is 7.11 Å². The molecule has 6 aromatic carbocycles. The van der Waals surface area contributed by atoms with E-state index in [2.05, 4.69) is 151 Å². The zero-order chi connectivity index (χ0) is 49.7. The van der Waals surface area contributed by atoms with E-state index < -0.39 is 0 Å². The minimum absolute atomic E-state index is 0. The van der Waals surface area contributed by atoms with Gasteiger partial charge in [0.15, 0.2) is 0 Å². The molecule has 4 fully saturated rings. The molecule has 1 heteroatoms. The molecular formula is C72H92O.